The molecule has 1 spiro atoms. The van der Waals surface area contributed by atoms with Gasteiger partial charge in [0.05, 0.1) is 5.56 Å². The van der Waals surface area contributed by atoms with Crippen LogP contribution in [-0.4, -0.2) is 30.6 Å². The molecule has 2 aromatic rings. The van der Waals surface area contributed by atoms with E-state index in [9.17, 15) is 9.18 Å². The molecule has 0 saturated heterocycles. The van der Waals surface area contributed by atoms with Crippen LogP contribution in [0.5, 0.6) is 11.5 Å². The van der Waals surface area contributed by atoms with E-state index < -0.39 is 5.82 Å². The number of fused-ring (bicyclic) bond motifs is 3. The highest BCUT2D eigenvalue weighted by Gasteiger charge is 2.44. The first-order valence-electron chi connectivity index (χ1n) is 9.63. The molecule has 2 aliphatic heterocycles. The van der Waals surface area contributed by atoms with Crippen LogP contribution in [0, 0.1) is 5.82 Å². The number of halogens is 1. The van der Waals surface area contributed by atoms with Gasteiger partial charge in [0.15, 0.2) is 11.5 Å². The van der Waals surface area contributed by atoms with Gasteiger partial charge in [-0.15, -0.1) is 0 Å². The fourth-order valence-corrected chi connectivity index (χ4v) is 4.90. The predicted molar refractivity (Wildman–Crippen MR) is 98.7 cm³/mol. The first-order chi connectivity index (χ1) is 13.2. The van der Waals surface area contributed by atoms with Gasteiger partial charge in [-0.2, -0.15) is 0 Å². The van der Waals surface area contributed by atoms with Gasteiger partial charge in [0.25, 0.3) is 5.91 Å². The molecule has 5 rings (SSSR count). The van der Waals surface area contributed by atoms with Crippen LogP contribution in [0.1, 0.15) is 47.2 Å². The maximum atomic E-state index is 14.2. The van der Waals surface area contributed by atoms with E-state index in [1.807, 2.05) is 11.0 Å². The Morgan fingerprint density at radius 1 is 1.04 bits per heavy atom. The molecular weight excluding hydrogens is 345 g/mol. The van der Waals surface area contributed by atoms with Crippen molar-refractivity contribution in [2.24, 2.45) is 0 Å². The topological polar surface area (TPSA) is 38.8 Å². The monoisotopic (exact) mass is 367 g/mol. The van der Waals surface area contributed by atoms with Crippen molar-refractivity contribution in [3.8, 4) is 11.5 Å². The van der Waals surface area contributed by atoms with Crippen LogP contribution in [0.3, 0.4) is 0 Å². The van der Waals surface area contributed by atoms with Crippen molar-refractivity contribution < 1.29 is 18.7 Å². The third-order valence-electron chi connectivity index (χ3n) is 6.15. The summed E-state index contributed by atoms with van der Waals surface area (Å²) in [6.07, 6.45) is 4.38. The fraction of sp³-hybridized carbons (Fsp3) is 0.409. The minimum atomic E-state index is -0.462. The number of hydrogen-bond donors (Lipinski definition) is 0. The van der Waals surface area contributed by atoms with Gasteiger partial charge < -0.3 is 14.4 Å². The number of amides is 1. The number of ether oxygens (including phenoxy) is 2. The Labute approximate surface area is 157 Å². The van der Waals surface area contributed by atoms with Crippen molar-refractivity contribution >= 4 is 5.91 Å². The average Bonchev–Trinajstić information content (AvgIpc) is 3.15. The molecule has 2 heterocycles. The molecule has 0 atom stereocenters. The van der Waals surface area contributed by atoms with E-state index in [4.69, 9.17) is 9.47 Å². The van der Waals surface area contributed by atoms with E-state index in [1.54, 1.807) is 18.2 Å². The Morgan fingerprint density at radius 3 is 2.48 bits per heavy atom. The summed E-state index contributed by atoms with van der Waals surface area (Å²) in [7, 11) is 0. The van der Waals surface area contributed by atoms with Crippen LogP contribution in [0.4, 0.5) is 4.39 Å². The van der Waals surface area contributed by atoms with E-state index in [1.165, 1.54) is 11.6 Å². The lowest BCUT2D eigenvalue weighted by Crippen LogP contribution is -2.47. The summed E-state index contributed by atoms with van der Waals surface area (Å²) in [6.45, 7) is 2.21. The van der Waals surface area contributed by atoms with Crippen molar-refractivity contribution in [1.82, 2.24) is 4.90 Å². The van der Waals surface area contributed by atoms with Gasteiger partial charge in [0.1, 0.15) is 19.0 Å². The molecule has 3 aliphatic rings. The van der Waals surface area contributed by atoms with Crippen molar-refractivity contribution in [2.45, 2.75) is 37.6 Å². The lowest BCUT2D eigenvalue weighted by molar-refractivity contribution is 0.0664. The molecule has 0 radical (unpaired) electrons. The Bertz CT molecular complexity index is 904. The van der Waals surface area contributed by atoms with E-state index in [2.05, 4.69) is 6.07 Å². The summed E-state index contributed by atoms with van der Waals surface area (Å²) in [4.78, 5) is 14.9. The quantitative estimate of drug-likeness (QED) is 0.763. The molecule has 0 bridgehead atoms. The minimum absolute atomic E-state index is 0.0651. The van der Waals surface area contributed by atoms with Gasteiger partial charge in [-0.3, -0.25) is 4.79 Å². The Balaban J connectivity index is 1.57. The molecule has 0 aromatic heterocycles. The van der Waals surface area contributed by atoms with E-state index in [0.717, 1.165) is 42.7 Å². The highest BCUT2D eigenvalue weighted by molar-refractivity contribution is 5.94. The lowest BCUT2D eigenvalue weighted by atomic mass is 9.73. The number of benzene rings is 2. The van der Waals surface area contributed by atoms with Crippen LogP contribution >= 0.6 is 0 Å². The lowest BCUT2D eigenvalue weighted by Gasteiger charge is -2.43. The maximum Gasteiger partial charge on any atom is 0.257 e. The van der Waals surface area contributed by atoms with Gasteiger partial charge in [0, 0.05) is 18.5 Å². The summed E-state index contributed by atoms with van der Waals surface area (Å²) in [5.41, 5.74) is 2.45. The van der Waals surface area contributed by atoms with Crippen LogP contribution in [0.15, 0.2) is 36.4 Å². The maximum absolute atomic E-state index is 14.2. The SMILES string of the molecule is O=C(c1ccccc1F)N1Cc2cc3c(cc2C2(CCCC2)C1)OCCO3. The van der Waals surface area contributed by atoms with Crippen LogP contribution in [-0.2, 0) is 12.0 Å². The van der Waals surface area contributed by atoms with E-state index in [-0.39, 0.29) is 16.9 Å². The van der Waals surface area contributed by atoms with Crippen LogP contribution < -0.4 is 9.47 Å². The minimum Gasteiger partial charge on any atom is -0.486 e. The molecule has 4 nitrogen and oxygen atoms in total. The summed E-state index contributed by atoms with van der Waals surface area (Å²) >= 11 is 0. The van der Waals surface area contributed by atoms with E-state index >= 15 is 0 Å². The number of carbonyl (C=O) groups excluding carboxylic acids is 1. The van der Waals surface area contributed by atoms with Crippen LogP contribution in [0.25, 0.3) is 0 Å². The molecule has 0 unspecified atom stereocenters. The number of carbonyl (C=O) groups is 1. The largest absolute Gasteiger partial charge is 0.486 e. The van der Waals surface area contributed by atoms with Crippen molar-refractivity contribution in [1.29, 1.82) is 0 Å². The number of nitrogens with zero attached hydrogens (tertiary/aromatic N) is 1. The van der Waals surface area contributed by atoms with Crippen molar-refractivity contribution in [3.05, 3.63) is 58.9 Å². The highest BCUT2D eigenvalue weighted by Crippen LogP contribution is 2.49. The van der Waals surface area contributed by atoms with E-state index in [0.29, 0.717) is 26.3 Å². The Kier molecular flexibility index (Phi) is 3.85. The fourth-order valence-electron chi connectivity index (χ4n) is 4.90. The van der Waals surface area contributed by atoms with Crippen molar-refractivity contribution in [3.63, 3.8) is 0 Å². The number of hydrogen-bond acceptors (Lipinski definition) is 3. The normalized spacial score (nSPS) is 19.8. The zero-order valence-corrected chi connectivity index (χ0v) is 15.2. The smallest absolute Gasteiger partial charge is 0.257 e. The Hall–Kier alpha value is -2.56. The number of rotatable bonds is 1. The molecule has 1 amide bonds. The first-order valence-corrected chi connectivity index (χ1v) is 9.63. The van der Waals surface area contributed by atoms with Gasteiger partial charge in [-0.05, 0) is 48.2 Å². The second-order valence-electron chi connectivity index (χ2n) is 7.78. The van der Waals surface area contributed by atoms with Crippen molar-refractivity contribution in [2.75, 3.05) is 19.8 Å². The summed E-state index contributed by atoms with van der Waals surface area (Å²) < 4.78 is 25.7. The first kappa shape index (κ1) is 16.6. The molecule has 2 aromatic carbocycles. The molecule has 0 N–H and O–H groups in total. The third kappa shape index (κ3) is 2.68. The van der Waals surface area contributed by atoms with Gasteiger partial charge in [-0.1, -0.05) is 25.0 Å². The molecule has 140 valence electrons. The van der Waals surface area contributed by atoms with Gasteiger partial charge >= 0.3 is 0 Å². The molecule has 1 saturated carbocycles. The van der Waals surface area contributed by atoms with Gasteiger partial charge in [0.2, 0.25) is 0 Å². The molecule has 27 heavy (non-hydrogen) atoms. The predicted octanol–water partition coefficient (Wildman–Crippen LogP) is 4.06. The Morgan fingerprint density at radius 2 is 1.74 bits per heavy atom. The summed E-state index contributed by atoms with van der Waals surface area (Å²) in [5, 5.41) is 0. The average molecular weight is 367 g/mol. The second kappa shape index (κ2) is 6.25. The molecule has 1 fully saturated rings. The van der Waals surface area contributed by atoms with Crippen LogP contribution in [0.2, 0.25) is 0 Å². The van der Waals surface area contributed by atoms with Gasteiger partial charge in [-0.25, -0.2) is 4.39 Å². The third-order valence-corrected chi connectivity index (χ3v) is 6.15. The summed E-state index contributed by atoms with van der Waals surface area (Å²) in [6, 6.07) is 10.4. The zero-order valence-electron chi connectivity index (χ0n) is 15.2. The second-order valence-corrected chi connectivity index (χ2v) is 7.78. The molecule has 1 aliphatic carbocycles. The highest BCUT2D eigenvalue weighted by atomic mass is 19.1. The summed E-state index contributed by atoms with van der Waals surface area (Å²) in [5.74, 6) is 0.851. The standard InChI is InChI=1S/C22H22FNO3/c23-18-6-2-1-5-16(18)21(25)24-13-15-11-19-20(27-10-9-26-19)12-17(15)22(14-24)7-3-4-8-22/h1-2,5-6,11-12H,3-4,7-10,13-14H2. The molecule has 5 heteroatoms. The zero-order chi connectivity index (χ0) is 18.4. The molecular formula is C22H22FNO3.